The zero-order valence-electron chi connectivity index (χ0n) is 12.1. The minimum Gasteiger partial charge on any atom is -0.492 e. The average molecular weight is 330 g/mol. The molecule has 0 saturated carbocycles. The molecule has 6 nitrogen and oxygen atoms in total. The van der Waals surface area contributed by atoms with Gasteiger partial charge >= 0.3 is 0 Å². The van der Waals surface area contributed by atoms with E-state index in [1.165, 1.54) is 24.3 Å². The number of sulfonamides is 1. The Balaban J connectivity index is 1.89. The van der Waals surface area contributed by atoms with Crippen molar-refractivity contribution < 1.29 is 17.9 Å². The van der Waals surface area contributed by atoms with Crippen LogP contribution in [0.3, 0.4) is 0 Å². The van der Waals surface area contributed by atoms with Crippen molar-refractivity contribution in [3.8, 4) is 11.8 Å². The second kappa shape index (κ2) is 7.42. The molecule has 0 radical (unpaired) electrons. The summed E-state index contributed by atoms with van der Waals surface area (Å²) < 4.78 is 31.0. The van der Waals surface area contributed by atoms with E-state index in [4.69, 9.17) is 10.00 Å². The van der Waals surface area contributed by atoms with Crippen LogP contribution < -0.4 is 9.46 Å². The largest absolute Gasteiger partial charge is 0.492 e. The molecule has 2 aromatic carbocycles. The maximum Gasteiger partial charge on any atom is 0.264 e. The van der Waals surface area contributed by atoms with E-state index >= 15 is 0 Å². The van der Waals surface area contributed by atoms with Gasteiger partial charge in [0.15, 0.2) is 0 Å². The minimum atomic E-state index is -3.80. The van der Waals surface area contributed by atoms with Gasteiger partial charge in [-0.1, -0.05) is 18.2 Å². The van der Waals surface area contributed by atoms with Gasteiger partial charge in [-0.3, -0.25) is 4.79 Å². The molecule has 0 aromatic heterocycles. The fourth-order valence-corrected chi connectivity index (χ4v) is 2.54. The average Bonchev–Trinajstić information content (AvgIpc) is 2.55. The lowest BCUT2D eigenvalue weighted by Crippen LogP contribution is -2.34. The maximum atomic E-state index is 11.9. The highest BCUT2D eigenvalue weighted by Gasteiger charge is 2.16. The fraction of sp³-hybridized carbons (Fsp3) is 0.125. The summed E-state index contributed by atoms with van der Waals surface area (Å²) in [5.41, 5.74) is 0.553. The molecule has 118 valence electrons. The van der Waals surface area contributed by atoms with Crippen molar-refractivity contribution in [3.63, 3.8) is 0 Å². The number of carbonyl (C=O) groups excluding carboxylic acids is 1. The molecule has 0 unspecified atom stereocenters. The van der Waals surface area contributed by atoms with Crippen LogP contribution in [0.25, 0.3) is 0 Å². The third-order valence-corrected chi connectivity index (χ3v) is 4.09. The third kappa shape index (κ3) is 5.13. The summed E-state index contributed by atoms with van der Waals surface area (Å²) in [5.74, 6) is -0.528. The summed E-state index contributed by atoms with van der Waals surface area (Å²) in [6, 6.07) is 16.4. The van der Waals surface area contributed by atoms with Crippen LogP contribution in [0, 0.1) is 11.3 Å². The molecule has 7 heteroatoms. The number of benzene rings is 2. The highest BCUT2D eigenvalue weighted by atomic mass is 32.2. The summed E-state index contributed by atoms with van der Waals surface area (Å²) >= 11 is 0. The van der Waals surface area contributed by atoms with E-state index in [1.54, 1.807) is 24.3 Å². The number of nitrogens with one attached hydrogen (secondary N) is 1. The van der Waals surface area contributed by atoms with Gasteiger partial charge in [0.2, 0.25) is 10.0 Å². The first-order valence-corrected chi connectivity index (χ1v) is 8.38. The molecular weight excluding hydrogens is 316 g/mol. The molecule has 2 aromatic rings. The Morgan fingerprint density at radius 1 is 1.09 bits per heavy atom. The van der Waals surface area contributed by atoms with Gasteiger partial charge in [0.1, 0.15) is 18.1 Å². The molecule has 0 aliphatic heterocycles. The maximum absolute atomic E-state index is 11.9. The molecule has 0 bridgehead atoms. The number of hydrogen-bond donors (Lipinski definition) is 1. The lowest BCUT2D eigenvalue weighted by Gasteiger charge is -2.08. The number of rotatable bonds is 6. The Morgan fingerprint density at radius 3 is 2.35 bits per heavy atom. The molecule has 0 saturated heterocycles. The van der Waals surface area contributed by atoms with Crippen LogP contribution in [0.2, 0.25) is 0 Å². The first-order chi connectivity index (χ1) is 11.0. The van der Waals surface area contributed by atoms with E-state index in [9.17, 15) is 13.2 Å². The van der Waals surface area contributed by atoms with Crippen molar-refractivity contribution in [2.75, 3.05) is 12.4 Å². The van der Waals surface area contributed by atoms with Gasteiger partial charge in [-0.2, -0.15) is 5.26 Å². The van der Waals surface area contributed by atoms with Crippen molar-refractivity contribution in [2.45, 2.75) is 0 Å². The van der Waals surface area contributed by atoms with Crippen molar-refractivity contribution >= 4 is 15.9 Å². The predicted molar refractivity (Wildman–Crippen MR) is 84.3 cm³/mol. The monoisotopic (exact) mass is 330 g/mol. The second-order valence-electron chi connectivity index (χ2n) is 4.60. The molecule has 0 fully saturated rings. The van der Waals surface area contributed by atoms with Gasteiger partial charge in [-0.05, 0) is 36.4 Å². The molecule has 23 heavy (non-hydrogen) atoms. The first-order valence-electron chi connectivity index (χ1n) is 6.73. The van der Waals surface area contributed by atoms with E-state index in [1.807, 2.05) is 16.9 Å². The smallest absolute Gasteiger partial charge is 0.264 e. The number of nitriles is 1. The quantitative estimate of drug-likeness (QED) is 0.869. The first kappa shape index (κ1) is 16.5. The van der Waals surface area contributed by atoms with E-state index in [-0.39, 0.29) is 17.9 Å². The molecule has 1 N–H and O–H groups in total. The number of amides is 1. The van der Waals surface area contributed by atoms with Crippen molar-refractivity contribution in [1.29, 1.82) is 5.26 Å². The highest BCUT2D eigenvalue weighted by molar-refractivity contribution is 7.90. The lowest BCUT2D eigenvalue weighted by molar-refractivity contribution is 0.0981. The zero-order chi connectivity index (χ0) is 16.7. The second-order valence-corrected chi connectivity index (χ2v) is 6.44. The van der Waals surface area contributed by atoms with Crippen LogP contribution in [0.5, 0.6) is 5.75 Å². The van der Waals surface area contributed by atoms with Crippen molar-refractivity contribution in [3.05, 3.63) is 65.7 Å². The van der Waals surface area contributed by atoms with Crippen LogP contribution in [-0.2, 0) is 10.0 Å². The molecule has 0 aliphatic carbocycles. The van der Waals surface area contributed by atoms with Gasteiger partial charge in [0.25, 0.3) is 5.91 Å². The van der Waals surface area contributed by atoms with E-state index in [2.05, 4.69) is 0 Å². The SMILES string of the molecule is N#Cc1ccc(C(=O)NS(=O)(=O)CCOc2ccccc2)cc1. The Morgan fingerprint density at radius 2 is 1.74 bits per heavy atom. The Labute approximate surface area is 134 Å². The Kier molecular flexibility index (Phi) is 5.33. The number of nitrogens with zero attached hydrogens (tertiary/aromatic N) is 1. The van der Waals surface area contributed by atoms with Crippen LogP contribution in [0.1, 0.15) is 15.9 Å². The number of hydrogen-bond acceptors (Lipinski definition) is 5. The number of carbonyl (C=O) groups is 1. The summed E-state index contributed by atoms with van der Waals surface area (Å²) in [6.45, 7) is -0.0694. The van der Waals surface area contributed by atoms with Gasteiger partial charge in [-0.25, -0.2) is 13.1 Å². The summed E-state index contributed by atoms with van der Waals surface area (Å²) in [7, 11) is -3.80. The van der Waals surface area contributed by atoms with Gasteiger partial charge < -0.3 is 4.74 Å². The molecule has 0 aliphatic rings. The molecule has 0 spiro atoms. The normalized spacial score (nSPS) is 10.6. The summed E-state index contributed by atoms with van der Waals surface area (Å²) in [5, 5.41) is 8.68. The van der Waals surface area contributed by atoms with E-state index in [0.717, 1.165) is 0 Å². The van der Waals surface area contributed by atoms with Crippen LogP contribution >= 0.6 is 0 Å². The van der Waals surface area contributed by atoms with Gasteiger partial charge in [0.05, 0.1) is 11.6 Å². The molecule has 0 atom stereocenters. The summed E-state index contributed by atoms with van der Waals surface area (Å²) in [6.07, 6.45) is 0. The number of para-hydroxylation sites is 1. The standard InChI is InChI=1S/C16H14N2O4S/c17-12-13-6-8-14(9-7-13)16(19)18-23(20,21)11-10-22-15-4-2-1-3-5-15/h1-9H,10-11H2,(H,18,19). The minimum absolute atomic E-state index is 0.0694. The van der Waals surface area contributed by atoms with Crippen molar-refractivity contribution in [1.82, 2.24) is 4.72 Å². The Bertz CT molecular complexity index is 809. The van der Waals surface area contributed by atoms with Gasteiger partial charge in [0, 0.05) is 5.56 Å². The third-order valence-electron chi connectivity index (χ3n) is 2.89. The molecule has 2 rings (SSSR count). The fourth-order valence-electron chi connectivity index (χ4n) is 1.73. The predicted octanol–water partition coefficient (Wildman–Crippen LogP) is 1.70. The number of ether oxygens (including phenoxy) is 1. The van der Waals surface area contributed by atoms with Crippen LogP contribution in [0.15, 0.2) is 54.6 Å². The van der Waals surface area contributed by atoms with E-state index in [0.29, 0.717) is 11.3 Å². The van der Waals surface area contributed by atoms with E-state index < -0.39 is 15.9 Å². The van der Waals surface area contributed by atoms with Crippen molar-refractivity contribution in [2.24, 2.45) is 0 Å². The van der Waals surface area contributed by atoms with Crippen LogP contribution in [0.4, 0.5) is 0 Å². The topological polar surface area (TPSA) is 96.3 Å². The summed E-state index contributed by atoms with van der Waals surface area (Å²) in [4.78, 5) is 11.9. The highest BCUT2D eigenvalue weighted by Crippen LogP contribution is 2.08. The molecule has 0 heterocycles. The zero-order valence-corrected chi connectivity index (χ0v) is 12.9. The van der Waals surface area contributed by atoms with Crippen LogP contribution in [-0.4, -0.2) is 26.7 Å². The Hall–Kier alpha value is -2.85. The lowest BCUT2D eigenvalue weighted by atomic mass is 10.1. The molecule has 1 amide bonds. The van der Waals surface area contributed by atoms with Gasteiger partial charge in [-0.15, -0.1) is 0 Å². The molecular formula is C16H14N2O4S.